The van der Waals surface area contributed by atoms with Crippen molar-refractivity contribution in [2.45, 2.75) is 38.4 Å². The lowest BCUT2D eigenvalue weighted by molar-refractivity contribution is 0.600. The van der Waals surface area contributed by atoms with Gasteiger partial charge in [0.2, 0.25) is 0 Å². The first-order valence-corrected chi connectivity index (χ1v) is 11.3. The van der Waals surface area contributed by atoms with Gasteiger partial charge >= 0.3 is 5.69 Å². The Bertz CT molecular complexity index is 1590. The summed E-state index contributed by atoms with van der Waals surface area (Å²) in [6.07, 6.45) is 6.26. The van der Waals surface area contributed by atoms with E-state index in [1.165, 1.54) is 5.56 Å². The van der Waals surface area contributed by atoms with Crippen LogP contribution in [0.5, 0.6) is 0 Å². The van der Waals surface area contributed by atoms with Crippen molar-refractivity contribution in [2.75, 3.05) is 0 Å². The van der Waals surface area contributed by atoms with Crippen molar-refractivity contribution >= 4 is 21.9 Å². The van der Waals surface area contributed by atoms with Crippen molar-refractivity contribution in [1.82, 2.24) is 23.7 Å². The lowest BCUT2D eigenvalue weighted by Gasteiger charge is -2.16. The van der Waals surface area contributed by atoms with Crippen LogP contribution < -0.4 is 11.2 Å². The Labute approximate surface area is 189 Å². The Morgan fingerprint density at radius 1 is 0.848 bits per heavy atom. The number of nitrogens with zero attached hydrogens (tertiary/aromatic N) is 5. The normalized spacial score (nSPS) is 13.7. The third kappa shape index (κ3) is 3.46. The molecule has 5 aromatic rings. The maximum absolute atomic E-state index is 13.4. The summed E-state index contributed by atoms with van der Waals surface area (Å²) < 4.78 is 5.65. The van der Waals surface area contributed by atoms with Gasteiger partial charge in [-0.15, -0.1) is 0 Å². The van der Waals surface area contributed by atoms with E-state index in [0.717, 1.165) is 35.8 Å². The van der Waals surface area contributed by atoms with Crippen molar-refractivity contribution in [3.05, 3.63) is 105 Å². The summed E-state index contributed by atoms with van der Waals surface area (Å²) in [4.78, 5) is 35.0. The van der Waals surface area contributed by atoms with Crippen molar-refractivity contribution in [3.63, 3.8) is 0 Å². The molecule has 0 unspecified atom stereocenters. The van der Waals surface area contributed by atoms with Gasteiger partial charge in [-0.2, -0.15) is 4.98 Å². The molecule has 7 heteroatoms. The molecular formula is C26H23N5O2. The monoisotopic (exact) mass is 437 g/mol. The number of aryl methyl sites for hydroxylation is 2. The molecule has 0 aliphatic heterocycles. The van der Waals surface area contributed by atoms with Crippen LogP contribution in [0.1, 0.15) is 30.3 Å². The van der Waals surface area contributed by atoms with Gasteiger partial charge in [0.25, 0.3) is 5.56 Å². The molecule has 1 aliphatic carbocycles. The molecule has 2 aromatic carbocycles. The summed E-state index contributed by atoms with van der Waals surface area (Å²) in [5.74, 6) is 0.579. The van der Waals surface area contributed by atoms with Crippen LogP contribution in [0.2, 0.25) is 0 Å². The summed E-state index contributed by atoms with van der Waals surface area (Å²) in [6, 6.07) is 19.9. The third-order valence-electron chi connectivity index (χ3n) is 6.41. The van der Waals surface area contributed by atoms with E-state index in [1.54, 1.807) is 17.0 Å². The quantitative estimate of drug-likeness (QED) is 0.407. The second kappa shape index (κ2) is 7.85. The van der Waals surface area contributed by atoms with Crippen LogP contribution in [-0.4, -0.2) is 23.7 Å². The van der Waals surface area contributed by atoms with Crippen LogP contribution in [0, 0.1) is 0 Å². The molecule has 0 amide bonds. The standard InChI is InChI=1S/C26H23N5O2/c32-25-20-8-4-5-9-21(20)29(15-13-18-6-2-1-3-7-18)24(28-25)17-30-23-16-27-14-12-22(23)31(26(30)33)19-10-11-19/h1-9,12,14,16,19H,10-11,13,15,17H2. The van der Waals surface area contributed by atoms with Gasteiger partial charge in [0, 0.05) is 18.8 Å². The fourth-order valence-corrected chi connectivity index (χ4v) is 4.63. The Morgan fingerprint density at radius 2 is 1.64 bits per heavy atom. The maximum Gasteiger partial charge on any atom is 0.329 e. The SMILES string of the molecule is O=c1nc(Cn2c(=O)n(C3CC3)c3ccncc32)n(CCc2ccccc2)c2ccccc12. The molecule has 0 bridgehead atoms. The Hall–Kier alpha value is -4.00. The van der Waals surface area contributed by atoms with E-state index in [1.807, 2.05) is 53.1 Å². The number of rotatable bonds is 6. The van der Waals surface area contributed by atoms with E-state index in [-0.39, 0.29) is 23.8 Å². The zero-order valence-corrected chi connectivity index (χ0v) is 18.1. The fourth-order valence-electron chi connectivity index (χ4n) is 4.63. The average Bonchev–Trinajstić information content (AvgIpc) is 3.64. The van der Waals surface area contributed by atoms with Gasteiger partial charge in [0.1, 0.15) is 5.82 Å². The molecule has 0 N–H and O–H groups in total. The highest BCUT2D eigenvalue weighted by atomic mass is 16.2. The Balaban J connectivity index is 1.50. The number of hydrogen-bond donors (Lipinski definition) is 0. The van der Waals surface area contributed by atoms with E-state index >= 15 is 0 Å². The van der Waals surface area contributed by atoms with Gasteiger partial charge in [-0.1, -0.05) is 42.5 Å². The van der Waals surface area contributed by atoms with Crippen LogP contribution in [0.3, 0.4) is 0 Å². The Morgan fingerprint density at radius 3 is 2.45 bits per heavy atom. The van der Waals surface area contributed by atoms with Crippen molar-refractivity contribution in [2.24, 2.45) is 0 Å². The van der Waals surface area contributed by atoms with Gasteiger partial charge in [-0.05, 0) is 43.0 Å². The maximum atomic E-state index is 13.4. The molecule has 3 heterocycles. The van der Waals surface area contributed by atoms with Crippen LogP contribution in [0.4, 0.5) is 0 Å². The number of hydrogen-bond acceptors (Lipinski definition) is 4. The zero-order chi connectivity index (χ0) is 22.4. The van der Waals surface area contributed by atoms with Crippen LogP contribution >= 0.6 is 0 Å². The summed E-state index contributed by atoms with van der Waals surface area (Å²) in [6.45, 7) is 0.872. The highest BCUT2D eigenvalue weighted by Gasteiger charge is 2.29. The van der Waals surface area contributed by atoms with Crippen molar-refractivity contribution < 1.29 is 0 Å². The van der Waals surface area contributed by atoms with Gasteiger partial charge in [-0.3, -0.25) is 18.9 Å². The lowest BCUT2D eigenvalue weighted by Crippen LogP contribution is -2.28. The largest absolute Gasteiger partial charge is 0.329 e. The smallest absolute Gasteiger partial charge is 0.327 e. The van der Waals surface area contributed by atoms with Crippen molar-refractivity contribution in [3.8, 4) is 0 Å². The number of imidazole rings is 1. The first-order valence-electron chi connectivity index (χ1n) is 11.3. The first-order chi connectivity index (χ1) is 16.2. The molecule has 33 heavy (non-hydrogen) atoms. The highest BCUT2D eigenvalue weighted by Crippen LogP contribution is 2.36. The summed E-state index contributed by atoms with van der Waals surface area (Å²) in [7, 11) is 0. The van der Waals surface area contributed by atoms with Crippen LogP contribution in [0.25, 0.3) is 21.9 Å². The van der Waals surface area contributed by atoms with Gasteiger partial charge in [-0.25, -0.2) is 4.79 Å². The molecule has 164 valence electrons. The third-order valence-corrected chi connectivity index (χ3v) is 6.41. The predicted octanol–water partition coefficient (Wildman–Crippen LogP) is 3.53. The van der Waals surface area contributed by atoms with E-state index < -0.39 is 0 Å². The number of fused-ring (bicyclic) bond motifs is 2. The second-order valence-corrected chi connectivity index (χ2v) is 8.57. The average molecular weight is 438 g/mol. The molecule has 1 saturated carbocycles. The molecular weight excluding hydrogens is 414 g/mol. The van der Waals surface area contributed by atoms with E-state index in [9.17, 15) is 9.59 Å². The van der Waals surface area contributed by atoms with Crippen LogP contribution in [-0.2, 0) is 19.5 Å². The van der Waals surface area contributed by atoms with Crippen molar-refractivity contribution in [1.29, 1.82) is 0 Å². The highest BCUT2D eigenvalue weighted by molar-refractivity contribution is 5.78. The number of aromatic nitrogens is 5. The predicted molar refractivity (Wildman–Crippen MR) is 128 cm³/mol. The molecule has 3 aromatic heterocycles. The molecule has 1 fully saturated rings. The Kier molecular flexibility index (Phi) is 4.68. The van der Waals surface area contributed by atoms with Crippen LogP contribution in [0.15, 0.2) is 82.6 Å². The number of pyridine rings is 1. The van der Waals surface area contributed by atoms with E-state index in [2.05, 4.69) is 26.7 Å². The summed E-state index contributed by atoms with van der Waals surface area (Å²) in [5, 5.41) is 0.587. The van der Waals surface area contributed by atoms with Gasteiger partial charge in [0.15, 0.2) is 0 Å². The molecule has 1 aliphatic rings. The fraction of sp³-hybridized carbons (Fsp3) is 0.231. The molecule has 7 nitrogen and oxygen atoms in total. The summed E-state index contributed by atoms with van der Waals surface area (Å²) in [5.41, 5.74) is 3.35. The second-order valence-electron chi connectivity index (χ2n) is 8.57. The molecule has 6 rings (SSSR count). The lowest BCUT2D eigenvalue weighted by atomic mass is 10.1. The molecule has 0 radical (unpaired) electrons. The number of benzene rings is 2. The molecule has 0 spiro atoms. The minimum absolute atomic E-state index is 0.0717. The topological polar surface area (TPSA) is 74.7 Å². The minimum Gasteiger partial charge on any atom is -0.327 e. The number of para-hydroxylation sites is 1. The first kappa shape index (κ1) is 19.7. The summed E-state index contributed by atoms with van der Waals surface area (Å²) >= 11 is 0. The zero-order valence-electron chi connectivity index (χ0n) is 18.1. The van der Waals surface area contributed by atoms with Gasteiger partial charge in [0.05, 0.1) is 34.7 Å². The minimum atomic E-state index is -0.270. The molecule has 0 atom stereocenters. The van der Waals surface area contributed by atoms with E-state index in [4.69, 9.17) is 0 Å². The van der Waals surface area contributed by atoms with Gasteiger partial charge < -0.3 is 4.57 Å². The van der Waals surface area contributed by atoms with E-state index in [0.29, 0.717) is 17.8 Å². The molecule has 0 saturated heterocycles.